The maximum atomic E-state index is 5.33. The highest BCUT2D eigenvalue weighted by Gasteiger charge is 2.28. The Kier molecular flexibility index (Phi) is 3.72. The Morgan fingerprint density at radius 3 is 2.07 bits per heavy atom. The van der Waals surface area contributed by atoms with E-state index in [2.05, 4.69) is 12.2 Å². The third kappa shape index (κ3) is 2.16. The summed E-state index contributed by atoms with van der Waals surface area (Å²) in [7, 11) is 5.00. The van der Waals surface area contributed by atoms with Crippen LogP contribution < -0.4 is 0 Å². The average molecular weight is 198 g/mol. The zero-order chi connectivity index (χ0) is 10.6. The Balaban J connectivity index is 2.69. The monoisotopic (exact) mass is 198 g/mol. The molecule has 0 N–H and O–H groups in total. The molecular weight excluding hydrogens is 180 g/mol. The van der Waals surface area contributed by atoms with Crippen molar-refractivity contribution in [1.29, 1.82) is 0 Å². The van der Waals surface area contributed by atoms with Gasteiger partial charge in [0, 0.05) is 20.6 Å². The van der Waals surface area contributed by atoms with E-state index in [1.807, 2.05) is 6.92 Å². The first-order chi connectivity index (χ1) is 6.66. The molecule has 1 aliphatic carbocycles. The lowest BCUT2D eigenvalue weighted by atomic mass is 9.97. The number of ether oxygens (including phenoxy) is 3. The van der Waals surface area contributed by atoms with Crippen LogP contribution in [0.1, 0.15) is 19.8 Å². The largest absolute Gasteiger partial charge is 0.501 e. The van der Waals surface area contributed by atoms with Gasteiger partial charge in [0.05, 0.1) is 12.9 Å². The van der Waals surface area contributed by atoms with E-state index in [9.17, 15) is 0 Å². The summed E-state index contributed by atoms with van der Waals surface area (Å²) < 4.78 is 15.8. The van der Waals surface area contributed by atoms with E-state index in [0.29, 0.717) is 0 Å². The fraction of sp³-hybridized carbons (Fsp3) is 0.636. The molecule has 1 rings (SSSR count). The normalized spacial score (nSPS) is 17.4. The van der Waals surface area contributed by atoms with Crippen LogP contribution in [0.2, 0.25) is 0 Å². The highest BCUT2D eigenvalue weighted by molar-refractivity contribution is 5.23. The highest BCUT2D eigenvalue weighted by atomic mass is 16.7. The van der Waals surface area contributed by atoms with E-state index in [0.717, 1.165) is 24.2 Å². The number of allylic oxidation sites excluding steroid dienone is 2. The summed E-state index contributed by atoms with van der Waals surface area (Å²) in [5.74, 6) is 0.402. The van der Waals surface area contributed by atoms with Crippen LogP contribution in [0.5, 0.6) is 0 Å². The van der Waals surface area contributed by atoms with Crippen LogP contribution in [-0.4, -0.2) is 27.1 Å². The summed E-state index contributed by atoms with van der Waals surface area (Å²) >= 11 is 0. The van der Waals surface area contributed by atoms with Crippen LogP contribution in [0.15, 0.2) is 23.5 Å². The molecule has 0 aliphatic heterocycles. The van der Waals surface area contributed by atoms with Gasteiger partial charge < -0.3 is 14.2 Å². The lowest BCUT2D eigenvalue weighted by molar-refractivity contribution is -0.165. The number of rotatable bonds is 4. The van der Waals surface area contributed by atoms with Crippen molar-refractivity contribution in [2.45, 2.75) is 25.6 Å². The van der Waals surface area contributed by atoms with Gasteiger partial charge >= 0.3 is 0 Å². The second kappa shape index (κ2) is 4.62. The van der Waals surface area contributed by atoms with Crippen molar-refractivity contribution in [3.63, 3.8) is 0 Å². The van der Waals surface area contributed by atoms with Gasteiger partial charge in [0.1, 0.15) is 0 Å². The Bertz CT molecular complexity index is 249. The van der Waals surface area contributed by atoms with Crippen molar-refractivity contribution in [3.05, 3.63) is 23.5 Å². The second-order valence-corrected chi connectivity index (χ2v) is 3.37. The molecule has 0 amide bonds. The van der Waals surface area contributed by atoms with Gasteiger partial charge in [-0.1, -0.05) is 6.08 Å². The van der Waals surface area contributed by atoms with Crippen LogP contribution in [-0.2, 0) is 14.2 Å². The van der Waals surface area contributed by atoms with Gasteiger partial charge in [-0.15, -0.1) is 0 Å². The van der Waals surface area contributed by atoms with Crippen LogP contribution in [0.25, 0.3) is 0 Å². The van der Waals surface area contributed by atoms with Gasteiger partial charge in [-0.05, 0) is 25.0 Å². The van der Waals surface area contributed by atoms with Gasteiger partial charge in [-0.3, -0.25) is 0 Å². The molecule has 0 saturated heterocycles. The minimum atomic E-state index is -0.601. The highest BCUT2D eigenvalue weighted by Crippen LogP contribution is 2.29. The maximum Gasteiger partial charge on any atom is 0.187 e. The molecular formula is C11H18O3. The van der Waals surface area contributed by atoms with Crippen molar-refractivity contribution < 1.29 is 14.2 Å². The van der Waals surface area contributed by atoms with Gasteiger partial charge in [0.2, 0.25) is 0 Å². The van der Waals surface area contributed by atoms with E-state index in [4.69, 9.17) is 14.2 Å². The van der Waals surface area contributed by atoms with E-state index < -0.39 is 5.79 Å². The quantitative estimate of drug-likeness (QED) is 0.512. The summed E-state index contributed by atoms with van der Waals surface area (Å²) in [4.78, 5) is 0. The zero-order valence-corrected chi connectivity index (χ0v) is 9.29. The second-order valence-electron chi connectivity index (χ2n) is 3.37. The molecule has 0 aromatic carbocycles. The zero-order valence-electron chi connectivity index (χ0n) is 9.29. The molecule has 0 spiro atoms. The molecule has 0 bridgehead atoms. The SMILES string of the molecule is COC1=CCC(C(C)(OC)OC)=CC1. The Morgan fingerprint density at radius 2 is 1.71 bits per heavy atom. The summed E-state index contributed by atoms with van der Waals surface area (Å²) in [6.07, 6.45) is 5.80. The van der Waals surface area contributed by atoms with Gasteiger partial charge in [-0.2, -0.15) is 0 Å². The van der Waals surface area contributed by atoms with Crippen LogP contribution >= 0.6 is 0 Å². The molecule has 0 saturated carbocycles. The van der Waals surface area contributed by atoms with Crippen LogP contribution in [0.3, 0.4) is 0 Å². The summed E-state index contributed by atoms with van der Waals surface area (Å²) in [5.41, 5.74) is 1.14. The van der Waals surface area contributed by atoms with Gasteiger partial charge in [-0.25, -0.2) is 0 Å². The first-order valence-corrected chi connectivity index (χ1v) is 4.69. The third-order valence-corrected chi connectivity index (χ3v) is 2.72. The minimum absolute atomic E-state index is 0.601. The number of hydrogen-bond acceptors (Lipinski definition) is 3. The Morgan fingerprint density at radius 1 is 1.07 bits per heavy atom. The van der Waals surface area contributed by atoms with E-state index in [1.54, 1.807) is 21.3 Å². The predicted octanol–water partition coefficient (Wildman–Crippen LogP) is 2.25. The molecule has 3 heteroatoms. The molecule has 0 unspecified atom stereocenters. The molecule has 3 nitrogen and oxygen atoms in total. The van der Waals surface area contributed by atoms with Crippen LogP contribution in [0.4, 0.5) is 0 Å². The summed E-state index contributed by atoms with van der Waals surface area (Å²) in [6.45, 7) is 1.92. The van der Waals surface area contributed by atoms with E-state index in [-0.39, 0.29) is 0 Å². The molecule has 0 aromatic heterocycles. The van der Waals surface area contributed by atoms with Crippen molar-refractivity contribution in [2.24, 2.45) is 0 Å². The molecule has 0 aromatic rings. The van der Waals surface area contributed by atoms with Crippen molar-refractivity contribution in [1.82, 2.24) is 0 Å². The topological polar surface area (TPSA) is 27.7 Å². The lowest BCUT2D eigenvalue weighted by Crippen LogP contribution is -2.32. The Hall–Kier alpha value is -0.800. The molecule has 80 valence electrons. The minimum Gasteiger partial charge on any atom is -0.501 e. The average Bonchev–Trinajstić information content (AvgIpc) is 2.28. The molecule has 0 heterocycles. The predicted molar refractivity (Wildman–Crippen MR) is 54.8 cm³/mol. The smallest absolute Gasteiger partial charge is 0.187 e. The van der Waals surface area contributed by atoms with Crippen molar-refractivity contribution >= 4 is 0 Å². The summed E-state index contributed by atoms with van der Waals surface area (Å²) in [6, 6.07) is 0. The van der Waals surface area contributed by atoms with E-state index in [1.165, 1.54) is 0 Å². The number of methoxy groups -OCH3 is 3. The molecule has 0 radical (unpaired) electrons. The summed E-state index contributed by atoms with van der Waals surface area (Å²) in [5, 5.41) is 0. The first kappa shape index (κ1) is 11.3. The first-order valence-electron chi connectivity index (χ1n) is 4.69. The van der Waals surface area contributed by atoms with E-state index >= 15 is 0 Å². The fourth-order valence-electron chi connectivity index (χ4n) is 1.50. The van der Waals surface area contributed by atoms with Crippen molar-refractivity contribution in [2.75, 3.05) is 21.3 Å². The number of hydrogen-bond donors (Lipinski definition) is 0. The molecule has 14 heavy (non-hydrogen) atoms. The van der Waals surface area contributed by atoms with Gasteiger partial charge in [0.25, 0.3) is 0 Å². The van der Waals surface area contributed by atoms with Gasteiger partial charge in [0.15, 0.2) is 5.79 Å². The standard InChI is InChI=1S/C11H18O3/c1-11(13-3,14-4)9-5-7-10(12-2)8-6-9/h5,8H,6-7H2,1-4H3. The van der Waals surface area contributed by atoms with Crippen molar-refractivity contribution in [3.8, 4) is 0 Å². The molecule has 0 atom stereocenters. The molecule has 1 aliphatic rings. The Labute approximate surface area is 85.3 Å². The van der Waals surface area contributed by atoms with Crippen LogP contribution in [0, 0.1) is 0 Å². The fourth-order valence-corrected chi connectivity index (χ4v) is 1.50. The maximum absolute atomic E-state index is 5.33. The molecule has 0 fully saturated rings. The third-order valence-electron chi connectivity index (χ3n) is 2.72. The lowest BCUT2D eigenvalue weighted by Gasteiger charge is -2.30.